The standard InChI is InChI=1S/C14H26NO3/c1-11(16)14(17)18-10-12-6-5-9-15(2)8-4-3-7-13(12)15/h11-13,16H,3-10H2,1-2H3/q+1. The van der Waals surface area contributed by atoms with Crippen LogP contribution in [0.15, 0.2) is 0 Å². The molecule has 0 saturated carbocycles. The third-order valence-corrected chi connectivity index (χ3v) is 4.79. The Morgan fingerprint density at radius 2 is 2.06 bits per heavy atom. The van der Waals surface area contributed by atoms with E-state index in [1.807, 2.05) is 0 Å². The minimum Gasteiger partial charge on any atom is -0.463 e. The average Bonchev–Trinajstić information content (AvgIpc) is 2.34. The molecule has 4 unspecified atom stereocenters. The summed E-state index contributed by atoms with van der Waals surface area (Å²) in [5.41, 5.74) is 0. The molecule has 4 heteroatoms. The first kappa shape index (κ1) is 13.8. The third-order valence-electron chi connectivity index (χ3n) is 4.79. The predicted octanol–water partition coefficient (Wildman–Crippen LogP) is 1.32. The Morgan fingerprint density at radius 3 is 2.78 bits per heavy atom. The van der Waals surface area contributed by atoms with Crippen molar-refractivity contribution in [2.75, 3.05) is 26.7 Å². The Morgan fingerprint density at radius 1 is 1.33 bits per heavy atom. The van der Waals surface area contributed by atoms with Gasteiger partial charge in [0.2, 0.25) is 0 Å². The number of hydrogen-bond donors (Lipinski definition) is 1. The van der Waals surface area contributed by atoms with Gasteiger partial charge in [0.15, 0.2) is 0 Å². The molecule has 18 heavy (non-hydrogen) atoms. The molecule has 4 atom stereocenters. The van der Waals surface area contributed by atoms with Crippen LogP contribution < -0.4 is 0 Å². The van der Waals surface area contributed by atoms with Crippen LogP contribution >= 0.6 is 0 Å². The summed E-state index contributed by atoms with van der Waals surface area (Å²) in [4.78, 5) is 11.3. The summed E-state index contributed by atoms with van der Waals surface area (Å²) in [6.07, 6.45) is 5.27. The first-order chi connectivity index (χ1) is 8.53. The van der Waals surface area contributed by atoms with Crippen molar-refractivity contribution in [1.29, 1.82) is 0 Å². The average molecular weight is 256 g/mol. The summed E-state index contributed by atoms with van der Waals surface area (Å²) >= 11 is 0. The van der Waals surface area contributed by atoms with Crippen molar-refractivity contribution in [2.24, 2.45) is 5.92 Å². The van der Waals surface area contributed by atoms with Crippen molar-refractivity contribution in [1.82, 2.24) is 0 Å². The van der Waals surface area contributed by atoms with E-state index < -0.39 is 12.1 Å². The zero-order chi connectivity index (χ0) is 13.2. The Labute approximate surface area is 110 Å². The van der Waals surface area contributed by atoms with Crippen LogP contribution in [0.25, 0.3) is 0 Å². The molecule has 0 aromatic carbocycles. The normalized spacial score (nSPS) is 37.7. The van der Waals surface area contributed by atoms with Gasteiger partial charge in [-0.05, 0) is 32.6 Å². The molecule has 0 radical (unpaired) electrons. The maximum atomic E-state index is 11.3. The lowest BCUT2D eigenvalue weighted by molar-refractivity contribution is -0.947. The molecule has 2 aliphatic heterocycles. The monoisotopic (exact) mass is 256 g/mol. The number of esters is 1. The molecular formula is C14H26NO3+. The van der Waals surface area contributed by atoms with E-state index >= 15 is 0 Å². The van der Waals surface area contributed by atoms with Crippen molar-refractivity contribution >= 4 is 5.97 Å². The van der Waals surface area contributed by atoms with Crippen molar-refractivity contribution in [3.05, 3.63) is 0 Å². The van der Waals surface area contributed by atoms with E-state index in [4.69, 9.17) is 9.84 Å². The molecule has 0 aliphatic carbocycles. The molecule has 0 bridgehead atoms. The van der Waals surface area contributed by atoms with Crippen LogP contribution in [0, 0.1) is 5.92 Å². The highest BCUT2D eigenvalue weighted by atomic mass is 16.5. The topological polar surface area (TPSA) is 46.5 Å². The molecule has 0 aromatic rings. The molecule has 2 rings (SSSR count). The quantitative estimate of drug-likeness (QED) is 0.612. The van der Waals surface area contributed by atoms with E-state index in [0.717, 1.165) is 10.9 Å². The fourth-order valence-corrected chi connectivity index (χ4v) is 3.74. The minimum atomic E-state index is -0.999. The van der Waals surface area contributed by atoms with E-state index in [0.29, 0.717) is 18.6 Å². The van der Waals surface area contributed by atoms with Crippen LogP contribution in [0.3, 0.4) is 0 Å². The van der Waals surface area contributed by atoms with Crippen LogP contribution in [0.1, 0.15) is 39.0 Å². The van der Waals surface area contributed by atoms with Gasteiger partial charge in [-0.1, -0.05) is 0 Å². The maximum Gasteiger partial charge on any atom is 0.334 e. The highest BCUT2D eigenvalue weighted by molar-refractivity contribution is 5.73. The molecule has 0 amide bonds. The fraction of sp³-hybridized carbons (Fsp3) is 0.929. The number of ether oxygens (including phenoxy) is 1. The van der Waals surface area contributed by atoms with Crippen LogP contribution in [0.5, 0.6) is 0 Å². The van der Waals surface area contributed by atoms with Gasteiger partial charge in [-0.3, -0.25) is 0 Å². The lowest BCUT2D eigenvalue weighted by Gasteiger charge is -2.51. The van der Waals surface area contributed by atoms with Gasteiger partial charge in [-0.2, -0.15) is 0 Å². The van der Waals surface area contributed by atoms with Crippen LogP contribution in [0.2, 0.25) is 0 Å². The van der Waals surface area contributed by atoms with Gasteiger partial charge in [0.05, 0.1) is 32.8 Å². The Kier molecular flexibility index (Phi) is 4.28. The van der Waals surface area contributed by atoms with Gasteiger partial charge >= 0.3 is 5.97 Å². The molecule has 2 aliphatic rings. The molecule has 2 fully saturated rings. The van der Waals surface area contributed by atoms with Crippen molar-refractivity contribution in [3.63, 3.8) is 0 Å². The third kappa shape index (κ3) is 2.86. The number of quaternary nitrogens is 1. The summed E-state index contributed by atoms with van der Waals surface area (Å²) in [6, 6.07) is 0.647. The fourth-order valence-electron chi connectivity index (χ4n) is 3.74. The van der Waals surface area contributed by atoms with Gasteiger partial charge in [-0.25, -0.2) is 4.79 Å². The smallest absolute Gasteiger partial charge is 0.334 e. The zero-order valence-electron chi connectivity index (χ0n) is 11.6. The number of rotatable bonds is 3. The maximum absolute atomic E-state index is 11.3. The Hall–Kier alpha value is -0.610. The largest absolute Gasteiger partial charge is 0.463 e. The van der Waals surface area contributed by atoms with Gasteiger partial charge in [0.25, 0.3) is 0 Å². The van der Waals surface area contributed by atoms with Gasteiger partial charge in [0.1, 0.15) is 6.10 Å². The Balaban J connectivity index is 1.93. The zero-order valence-corrected chi connectivity index (χ0v) is 11.6. The molecule has 4 nitrogen and oxygen atoms in total. The van der Waals surface area contributed by atoms with E-state index in [2.05, 4.69) is 7.05 Å². The van der Waals surface area contributed by atoms with E-state index in [1.165, 1.54) is 45.7 Å². The van der Waals surface area contributed by atoms with Gasteiger partial charge in [0, 0.05) is 12.3 Å². The molecule has 104 valence electrons. The minimum absolute atomic E-state index is 0.478. The second-order valence-corrected chi connectivity index (χ2v) is 6.20. The van der Waals surface area contributed by atoms with E-state index in [-0.39, 0.29) is 0 Å². The number of aliphatic hydroxyl groups excluding tert-OH is 1. The highest BCUT2D eigenvalue weighted by Gasteiger charge is 2.43. The summed E-state index contributed by atoms with van der Waals surface area (Å²) in [5.74, 6) is -0.00247. The van der Waals surface area contributed by atoms with Crippen LogP contribution in [0.4, 0.5) is 0 Å². The molecule has 0 aromatic heterocycles. The van der Waals surface area contributed by atoms with Gasteiger partial charge < -0.3 is 14.3 Å². The summed E-state index contributed by atoms with van der Waals surface area (Å²) in [7, 11) is 2.35. The number of nitrogens with zero attached hydrogens (tertiary/aromatic N) is 1. The first-order valence-corrected chi connectivity index (χ1v) is 7.22. The predicted molar refractivity (Wildman–Crippen MR) is 68.9 cm³/mol. The summed E-state index contributed by atoms with van der Waals surface area (Å²) in [6.45, 7) is 4.49. The molecule has 2 saturated heterocycles. The van der Waals surface area contributed by atoms with E-state index in [9.17, 15) is 4.79 Å². The molecule has 1 N–H and O–H groups in total. The van der Waals surface area contributed by atoms with Crippen molar-refractivity contribution in [2.45, 2.75) is 51.2 Å². The van der Waals surface area contributed by atoms with Crippen molar-refractivity contribution in [3.8, 4) is 0 Å². The van der Waals surface area contributed by atoms with Crippen molar-refractivity contribution < 1.29 is 19.1 Å². The summed E-state index contributed by atoms with van der Waals surface area (Å²) in [5, 5.41) is 9.16. The number of carbonyl (C=O) groups excluding carboxylic acids is 1. The number of aliphatic hydroxyl groups is 1. The lowest BCUT2D eigenvalue weighted by atomic mass is 9.82. The summed E-state index contributed by atoms with van der Waals surface area (Å²) < 4.78 is 6.40. The van der Waals surface area contributed by atoms with Crippen LogP contribution in [-0.4, -0.2) is 54.4 Å². The number of piperidine rings is 2. The molecule has 0 spiro atoms. The Bertz CT molecular complexity index is 301. The lowest BCUT2D eigenvalue weighted by Crippen LogP contribution is -2.61. The second kappa shape index (κ2) is 5.57. The number of carbonyl (C=O) groups is 1. The highest BCUT2D eigenvalue weighted by Crippen LogP contribution is 2.36. The first-order valence-electron chi connectivity index (χ1n) is 7.22. The molecule has 2 heterocycles. The van der Waals surface area contributed by atoms with Gasteiger partial charge in [-0.15, -0.1) is 0 Å². The van der Waals surface area contributed by atoms with Crippen LogP contribution in [-0.2, 0) is 9.53 Å². The number of hydrogen-bond acceptors (Lipinski definition) is 3. The molecular weight excluding hydrogens is 230 g/mol. The SMILES string of the molecule is CC(O)C(=O)OCC1CCC[N+]2(C)CCCCC12. The number of fused-ring (bicyclic) bond motifs is 1. The van der Waals surface area contributed by atoms with E-state index in [1.54, 1.807) is 0 Å². The second-order valence-electron chi connectivity index (χ2n) is 6.20.